The summed E-state index contributed by atoms with van der Waals surface area (Å²) in [5.74, 6) is 0.958. The summed E-state index contributed by atoms with van der Waals surface area (Å²) in [6.07, 6.45) is 6.17. The van der Waals surface area contributed by atoms with Crippen molar-refractivity contribution in [2.24, 2.45) is 12.0 Å². The van der Waals surface area contributed by atoms with E-state index >= 15 is 0 Å². The molecular formula is C21H31N5O. The normalized spacial score (nSPS) is 18.0. The van der Waals surface area contributed by atoms with Gasteiger partial charge in [-0.25, -0.2) is 0 Å². The molecule has 0 bridgehead atoms. The number of morpholine rings is 1. The van der Waals surface area contributed by atoms with Gasteiger partial charge >= 0.3 is 0 Å². The van der Waals surface area contributed by atoms with Gasteiger partial charge in [-0.05, 0) is 43.4 Å². The lowest BCUT2D eigenvalue weighted by Crippen LogP contribution is -2.48. The Morgan fingerprint density at radius 2 is 2.22 bits per heavy atom. The van der Waals surface area contributed by atoms with Gasteiger partial charge in [0.05, 0.1) is 19.3 Å². The first-order chi connectivity index (χ1) is 13.1. The first-order valence-corrected chi connectivity index (χ1v) is 9.68. The minimum Gasteiger partial charge on any atom is -0.370 e. The van der Waals surface area contributed by atoms with Crippen LogP contribution in [0.15, 0.2) is 35.6 Å². The summed E-state index contributed by atoms with van der Waals surface area (Å²) in [7, 11) is 3.80. The van der Waals surface area contributed by atoms with Gasteiger partial charge in [-0.3, -0.25) is 9.67 Å². The molecule has 1 aromatic carbocycles. The lowest BCUT2D eigenvalue weighted by molar-refractivity contribution is -0.00831. The molecule has 0 saturated carbocycles. The van der Waals surface area contributed by atoms with Crippen molar-refractivity contribution in [2.45, 2.75) is 32.8 Å². The van der Waals surface area contributed by atoms with Crippen molar-refractivity contribution >= 4 is 5.96 Å². The van der Waals surface area contributed by atoms with Crippen LogP contribution in [0.5, 0.6) is 0 Å². The van der Waals surface area contributed by atoms with Gasteiger partial charge in [0.15, 0.2) is 5.96 Å². The average Bonchev–Trinajstić information content (AvgIpc) is 3.07. The number of hydrogen-bond acceptors (Lipinski definition) is 3. The molecule has 0 aliphatic carbocycles. The predicted octanol–water partition coefficient (Wildman–Crippen LogP) is 2.62. The van der Waals surface area contributed by atoms with E-state index < -0.39 is 0 Å². The SMILES string of the molecule is CN=C(NCCCc1cnn(C)c1)N1CCOC(c2ccc(C)cc2C)C1. The average molecular weight is 370 g/mol. The minimum atomic E-state index is 0.0910. The summed E-state index contributed by atoms with van der Waals surface area (Å²) in [5.41, 5.74) is 5.13. The first-order valence-electron chi connectivity index (χ1n) is 9.68. The molecule has 1 aliphatic rings. The van der Waals surface area contributed by atoms with E-state index in [9.17, 15) is 0 Å². The second-order valence-corrected chi connectivity index (χ2v) is 7.27. The van der Waals surface area contributed by atoms with E-state index in [1.807, 2.05) is 25.0 Å². The number of ether oxygens (including phenoxy) is 1. The maximum atomic E-state index is 6.06. The van der Waals surface area contributed by atoms with Crippen molar-refractivity contribution in [3.63, 3.8) is 0 Å². The number of benzene rings is 1. The summed E-state index contributed by atoms with van der Waals surface area (Å²) in [6.45, 7) is 7.59. The van der Waals surface area contributed by atoms with Gasteiger partial charge in [0, 0.05) is 33.4 Å². The van der Waals surface area contributed by atoms with Gasteiger partial charge in [-0.2, -0.15) is 5.10 Å². The Morgan fingerprint density at radius 1 is 1.37 bits per heavy atom. The smallest absolute Gasteiger partial charge is 0.193 e. The highest BCUT2D eigenvalue weighted by Gasteiger charge is 2.25. The van der Waals surface area contributed by atoms with Gasteiger partial charge in [-0.1, -0.05) is 23.8 Å². The number of aromatic nitrogens is 2. The third kappa shape index (κ3) is 5.10. The summed E-state index contributed by atoms with van der Waals surface area (Å²) in [5, 5.41) is 7.73. The number of nitrogens with one attached hydrogen (secondary N) is 1. The monoisotopic (exact) mass is 369 g/mol. The molecule has 6 heteroatoms. The lowest BCUT2D eigenvalue weighted by Gasteiger charge is -2.35. The molecule has 0 spiro atoms. The standard InChI is InChI=1S/C21H31N5O/c1-16-7-8-19(17(2)12-16)20-15-26(10-11-27-20)21(22-3)23-9-5-6-18-13-24-25(4)14-18/h7-8,12-14,20H,5-6,9-11,15H2,1-4H3,(H,22,23). The number of hydrogen-bond donors (Lipinski definition) is 1. The Bertz CT molecular complexity index is 783. The summed E-state index contributed by atoms with van der Waals surface area (Å²) >= 11 is 0. The fraction of sp³-hybridized carbons (Fsp3) is 0.524. The molecule has 1 atom stereocenters. The molecule has 1 N–H and O–H groups in total. The van der Waals surface area contributed by atoms with Crippen molar-refractivity contribution < 1.29 is 4.74 Å². The topological polar surface area (TPSA) is 54.7 Å². The van der Waals surface area contributed by atoms with Gasteiger partial charge in [-0.15, -0.1) is 0 Å². The van der Waals surface area contributed by atoms with Crippen molar-refractivity contribution in [1.82, 2.24) is 20.0 Å². The molecule has 3 rings (SSSR count). The molecule has 2 aromatic rings. The molecule has 1 aliphatic heterocycles. The highest BCUT2D eigenvalue weighted by atomic mass is 16.5. The molecule has 2 heterocycles. The van der Waals surface area contributed by atoms with Crippen LogP contribution in [-0.2, 0) is 18.2 Å². The molecule has 0 radical (unpaired) electrons. The van der Waals surface area contributed by atoms with Crippen molar-refractivity contribution in [3.8, 4) is 0 Å². The van der Waals surface area contributed by atoms with E-state index in [4.69, 9.17) is 4.74 Å². The summed E-state index contributed by atoms with van der Waals surface area (Å²) in [6, 6.07) is 6.59. The largest absolute Gasteiger partial charge is 0.370 e. The second kappa shape index (κ2) is 9.04. The van der Waals surface area contributed by atoms with Gasteiger partial charge in [0.2, 0.25) is 0 Å². The van der Waals surface area contributed by atoms with E-state index in [0.29, 0.717) is 6.61 Å². The third-order valence-electron chi connectivity index (χ3n) is 5.03. The molecule has 1 fully saturated rings. The number of nitrogens with zero attached hydrogens (tertiary/aromatic N) is 4. The molecular weight excluding hydrogens is 338 g/mol. The summed E-state index contributed by atoms with van der Waals surface area (Å²) in [4.78, 5) is 6.79. The van der Waals surface area contributed by atoms with Crippen LogP contribution in [-0.4, -0.2) is 53.9 Å². The van der Waals surface area contributed by atoms with Crippen LogP contribution in [0.2, 0.25) is 0 Å². The van der Waals surface area contributed by atoms with Crippen LogP contribution in [0.25, 0.3) is 0 Å². The molecule has 0 amide bonds. The Balaban J connectivity index is 1.53. The van der Waals surface area contributed by atoms with Crippen molar-refractivity contribution in [1.29, 1.82) is 0 Å². The zero-order valence-corrected chi connectivity index (χ0v) is 16.9. The van der Waals surface area contributed by atoms with Gasteiger partial charge < -0.3 is 15.0 Å². The number of aliphatic imine (C=N–C) groups is 1. The number of rotatable bonds is 5. The van der Waals surface area contributed by atoms with E-state index in [2.05, 4.69) is 58.6 Å². The zero-order chi connectivity index (χ0) is 19.2. The molecule has 1 aromatic heterocycles. The first kappa shape index (κ1) is 19.4. The fourth-order valence-electron chi connectivity index (χ4n) is 3.64. The van der Waals surface area contributed by atoms with Crippen LogP contribution >= 0.6 is 0 Å². The molecule has 27 heavy (non-hydrogen) atoms. The highest BCUT2D eigenvalue weighted by molar-refractivity contribution is 5.80. The maximum absolute atomic E-state index is 6.06. The fourth-order valence-corrected chi connectivity index (χ4v) is 3.64. The van der Waals surface area contributed by atoms with E-state index in [1.165, 1.54) is 22.3 Å². The molecule has 1 saturated heterocycles. The van der Waals surface area contributed by atoms with E-state index in [-0.39, 0.29) is 6.10 Å². The van der Waals surface area contributed by atoms with Crippen molar-refractivity contribution in [2.75, 3.05) is 33.3 Å². The Kier molecular flexibility index (Phi) is 6.50. The molecule has 6 nitrogen and oxygen atoms in total. The number of guanidine groups is 1. The summed E-state index contributed by atoms with van der Waals surface area (Å²) < 4.78 is 7.91. The number of aryl methyl sites for hydroxylation is 4. The second-order valence-electron chi connectivity index (χ2n) is 7.27. The molecule has 146 valence electrons. The maximum Gasteiger partial charge on any atom is 0.193 e. The van der Waals surface area contributed by atoms with Crippen LogP contribution in [0.4, 0.5) is 0 Å². The third-order valence-corrected chi connectivity index (χ3v) is 5.03. The Labute approximate surface area is 162 Å². The van der Waals surface area contributed by atoms with Crippen molar-refractivity contribution in [3.05, 3.63) is 52.8 Å². The Hall–Kier alpha value is -2.34. The predicted molar refractivity (Wildman–Crippen MR) is 109 cm³/mol. The molecule has 1 unspecified atom stereocenters. The Morgan fingerprint density at radius 3 is 2.93 bits per heavy atom. The van der Waals surface area contributed by atoms with Gasteiger partial charge in [0.1, 0.15) is 6.10 Å². The zero-order valence-electron chi connectivity index (χ0n) is 16.9. The van der Waals surface area contributed by atoms with E-state index in [1.54, 1.807) is 0 Å². The lowest BCUT2D eigenvalue weighted by atomic mass is 10.00. The van der Waals surface area contributed by atoms with Crippen LogP contribution < -0.4 is 5.32 Å². The van der Waals surface area contributed by atoms with Crippen LogP contribution in [0, 0.1) is 13.8 Å². The van der Waals surface area contributed by atoms with Crippen LogP contribution in [0.1, 0.15) is 34.8 Å². The minimum absolute atomic E-state index is 0.0910. The van der Waals surface area contributed by atoms with E-state index in [0.717, 1.165) is 38.4 Å². The van der Waals surface area contributed by atoms with Crippen LogP contribution in [0.3, 0.4) is 0 Å². The highest BCUT2D eigenvalue weighted by Crippen LogP contribution is 2.25. The van der Waals surface area contributed by atoms with Gasteiger partial charge in [0.25, 0.3) is 0 Å². The quantitative estimate of drug-likeness (QED) is 0.500.